The number of imidazole rings is 1. The zero-order chi connectivity index (χ0) is 11.1. The number of hydrogen-bond donors (Lipinski definition) is 0. The van der Waals surface area contributed by atoms with E-state index in [0.29, 0.717) is 5.69 Å². The highest BCUT2D eigenvalue weighted by Gasteiger charge is 2.32. The first-order valence-electron chi connectivity index (χ1n) is 3.97. The molecule has 0 N–H and O–H groups in total. The number of nitrogens with zero attached hydrogens (tertiary/aromatic N) is 3. The third-order valence-electron chi connectivity index (χ3n) is 1.83. The normalized spacial score (nSPS) is 12.3. The van der Waals surface area contributed by atoms with E-state index in [1.54, 1.807) is 0 Å². The van der Waals surface area contributed by atoms with Crippen molar-refractivity contribution >= 4 is 17.2 Å². The second-order valence-corrected chi connectivity index (χ2v) is 3.17. The Kier molecular flexibility index (Phi) is 2.30. The fourth-order valence-corrected chi connectivity index (χ4v) is 1.29. The highest BCUT2D eigenvalue weighted by molar-refractivity contribution is 6.16. The zero-order valence-electron chi connectivity index (χ0n) is 7.29. The number of alkyl halides is 4. The average molecular weight is 236 g/mol. The van der Waals surface area contributed by atoms with Gasteiger partial charge in [-0.2, -0.15) is 13.2 Å². The minimum absolute atomic E-state index is 0.156. The van der Waals surface area contributed by atoms with Crippen LogP contribution in [0.2, 0.25) is 0 Å². The predicted octanol–water partition coefficient (Wildman–Crippen LogP) is 2.49. The molecule has 0 aliphatic heterocycles. The number of halogens is 4. The van der Waals surface area contributed by atoms with Crippen LogP contribution in [0.25, 0.3) is 5.65 Å². The number of rotatable bonds is 1. The van der Waals surface area contributed by atoms with Gasteiger partial charge in [0.1, 0.15) is 17.7 Å². The fourth-order valence-electron chi connectivity index (χ4n) is 1.16. The van der Waals surface area contributed by atoms with Gasteiger partial charge < -0.3 is 0 Å². The Labute approximate surface area is 87.5 Å². The second-order valence-electron chi connectivity index (χ2n) is 2.90. The van der Waals surface area contributed by atoms with Crippen LogP contribution in [0.15, 0.2) is 18.6 Å². The maximum absolute atomic E-state index is 12.3. The van der Waals surface area contributed by atoms with Crippen molar-refractivity contribution in [1.29, 1.82) is 0 Å². The van der Waals surface area contributed by atoms with Gasteiger partial charge in [0.15, 0.2) is 0 Å². The molecule has 0 saturated carbocycles. The van der Waals surface area contributed by atoms with Crippen molar-refractivity contribution in [2.75, 3.05) is 0 Å². The molecule has 0 fully saturated rings. The Morgan fingerprint density at radius 2 is 2.13 bits per heavy atom. The molecule has 15 heavy (non-hydrogen) atoms. The van der Waals surface area contributed by atoms with Crippen LogP contribution >= 0.6 is 11.6 Å². The predicted molar refractivity (Wildman–Crippen MR) is 47.5 cm³/mol. The van der Waals surface area contributed by atoms with Crippen molar-refractivity contribution in [2.24, 2.45) is 0 Å². The summed E-state index contributed by atoms with van der Waals surface area (Å²) in [7, 11) is 0. The summed E-state index contributed by atoms with van der Waals surface area (Å²) in [5.41, 5.74) is -0.257. The Bertz CT molecular complexity index is 491. The Morgan fingerprint density at radius 1 is 1.40 bits per heavy atom. The van der Waals surface area contributed by atoms with Gasteiger partial charge in [-0.05, 0) is 0 Å². The molecule has 0 spiro atoms. The quantitative estimate of drug-likeness (QED) is 0.711. The highest BCUT2D eigenvalue weighted by Crippen LogP contribution is 2.27. The van der Waals surface area contributed by atoms with Gasteiger partial charge in [0.25, 0.3) is 0 Å². The van der Waals surface area contributed by atoms with Crippen LogP contribution in [-0.2, 0) is 12.1 Å². The van der Waals surface area contributed by atoms with Gasteiger partial charge in [0, 0.05) is 12.3 Å². The van der Waals surface area contributed by atoms with E-state index in [4.69, 9.17) is 11.6 Å². The van der Waals surface area contributed by atoms with E-state index in [2.05, 4.69) is 9.97 Å². The van der Waals surface area contributed by atoms with Gasteiger partial charge in [-0.3, -0.25) is 4.40 Å². The molecule has 2 aromatic rings. The van der Waals surface area contributed by atoms with E-state index in [0.717, 1.165) is 12.4 Å². The lowest BCUT2D eigenvalue weighted by Gasteiger charge is -2.04. The van der Waals surface area contributed by atoms with Crippen LogP contribution < -0.4 is 0 Å². The Balaban J connectivity index is 2.55. The van der Waals surface area contributed by atoms with Gasteiger partial charge in [-0.25, -0.2) is 9.97 Å². The molecule has 2 aromatic heterocycles. The molecule has 2 heterocycles. The van der Waals surface area contributed by atoms with Crippen molar-refractivity contribution in [3.05, 3.63) is 30.0 Å². The van der Waals surface area contributed by atoms with Crippen molar-refractivity contribution in [2.45, 2.75) is 12.1 Å². The molecule has 7 heteroatoms. The number of aromatic nitrogens is 3. The lowest BCUT2D eigenvalue weighted by Crippen LogP contribution is -2.08. The monoisotopic (exact) mass is 235 g/mol. The average Bonchev–Trinajstić information content (AvgIpc) is 2.57. The minimum atomic E-state index is -4.45. The van der Waals surface area contributed by atoms with Crippen molar-refractivity contribution < 1.29 is 13.2 Å². The molecular formula is C8H5ClF3N3. The Morgan fingerprint density at radius 3 is 2.73 bits per heavy atom. The van der Waals surface area contributed by atoms with E-state index in [1.165, 1.54) is 10.6 Å². The van der Waals surface area contributed by atoms with Crippen LogP contribution in [0.3, 0.4) is 0 Å². The summed E-state index contributed by atoms with van der Waals surface area (Å²) in [6, 6.07) is 0.885. The minimum Gasteiger partial charge on any atom is -0.290 e. The molecule has 80 valence electrons. The largest absolute Gasteiger partial charge is 0.433 e. The van der Waals surface area contributed by atoms with Gasteiger partial charge in [0.2, 0.25) is 0 Å². The molecule has 3 nitrogen and oxygen atoms in total. The summed E-state index contributed by atoms with van der Waals surface area (Å²) in [5, 5.41) is 0. The van der Waals surface area contributed by atoms with Crippen molar-refractivity contribution in [3.63, 3.8) is 0 Å². The summed E-state index contributed by atoms with van der Waals surface area (Å²) >= 11 is 5.51. The van der Waals surface area contributed by atoms with Crippen LogP contribution in [0, 0.1) is 0 Å². The van der Waals surface area contributed by atoms with Crippen LogP contribution in [0.1, 0.15) is 11.4 Å². The van der Waals surface area contributed by atoms with Crippen molar-refractivity contribution in [1.82, 2.24) is 14.4 Å². The molecular weight excluding hydrogens is 231 g/mol. The molecule has 0 aromatic carbocycles. The third-order valence-corrected chi connectivity index (χ3v) is 2.10. The van der Waals surface area contributed by atoms with Crippen LogP contribution in [-0.4, -0.2) is 14.4 Å². The first-order valence-corrected chi connectivity index (χ1v) is 4.51. The molecule has 0 bridgehead atoms. The highest BCUT2D eigenvalue weighted by atomic mass is 35.5. The summed E-state index contributed by atoms with van der Waals surface area (Å²) in [6.07, 6.45) is -1.84. The summed E-state index contributed by atoms with van der Waals surface area (Å²) < 4.78 is 38.2. The fraction of sp³-hybridized carbons (Fsp3) is 0.250. The van der Waals surface area contributed by atoms with Crippen molar-refractivity contribution in [3.8, 4) is 0 Å². The van der Waals surface area contributed by atoms with Crippen LogP contribution in [0.5, 0.6) is 0 Å². The first-order chi connectivity index (χ1) is 7.00. The molecule has 2 rings (SSSR count). The molecule has 0 amide bonds. The van der Waals surface area contributed by atoms with Gasteiger partial charge >= 0.3 is 6.18 Å². The molecule has 0 unspecified atom stereocenters. The van der Waals surface area contributed by atoms with E-state index in [9.17, 15) is 13.2 Å². The van der Waals surface area contributed by atoms with Crippen LogP contribution in [0.4, 0.5) is 13.2 Å². The molecule has 0 aliphatic rings. The number of hydrogen-bond acceptors (Lipinski definition) is 2. The molecule has 0 saturated heterocycles. The van der Waals surface area contributed by atoms with E-state index < -0.39 is 11.9 Å². The lowest BCUT2D eigenvalue weighted by molar-refractivity contribution is -0.141. The smallest absolute Gasteiger partial charge is 0.290 e. The van der Waals surface area contributed by atoms with Gasteiger partial charge in [-0.15, -0.1) is 11.6 Å². The molecule has 0 atom stereocenters. The van der Waals surface area contributed by atoms with E-state index >= 15 is 0 Å². The summed E-state index contributed by atoms with van der Waals surface area (Å²) in [4.78, 5) is 7.18. The molecule has 0 radical (unpaired) electrons. The zero-order valence-corrected chi connectivity index (χ0v) is 8.05. The molecule has 0 aliphatic carbocycles. The van der Waals surface area contributed by atoms with Gasteiger partial charge in [-0.1, -0.05) is 0 Å². The maximum atomic E-state index is 12.3. The standard InChI is InChI=1S/C8H5ClF3N3/c9-2-5-3-15-4-13-6(8(10,11)12)1-7(15)14-5/h1,3-4H,2H2. The summed E-state index contributed by atoms with van der Waals surface area (Å²) in [6.45, 7) is 0. The topological polar surface area (TPSA) is 30.2 Å². The van der Waals surface area contributed by atoms with Gasteiger partial charge in [0.05, 0.1) is 11.6 Å². The first kappa shape index (κ1) is 10.2. The lowest BCUT2D eigenvalue weighted by atomic mass is 10.4. The van der Waals surface area contributed by atoms with E-state index in [1.807, 2.05) is 0 Å². The SMILES string of the molecule is FC(F)(F)c1cc2nc(CCl)cn2cn1. The maximum Gasteiger partial charge on any atom is 0.433 e. The third kappa shape index (κ3) is 1.90. The number of fused-ring (bicyclic) bond motifs is 1. The Hall–Kier alpha value is -1.30. The van der Waals surface area contributed by atoms with E-state index in [-0.39, 0.29) is 11.5 Å². The second kappa shape index (κ2) is 3.37. The summed E-state index contributed by atoms with van der Waals surface area (Å²) in [5.74, 6) is 0.156.